The maximum atomic E-state index is 10.6. The highest BCUT2D eigenvalue weighted by molar-refractivity contribution is 5.72. The van der Waals surface area contributed by atoms with E-state index >= 15 is 0 Å². The second-order valence-corrected chi connectivity index (χ2v) is 5.48. The lowest BCUT2D eigenvalue weighted by Crippen LogP contribution is -2.35. The third-order valence-electron chi connectivity index (χ3n) is 3.56. The zero-order valence-corrected chi connectivity index (χ0v) is 12.0. The van der Waals surface area contributed by atoms with Crippen molar-refractivity contribution in [2.45, 2.75) is 64.8 Å². The molecule has 104 valence electrons. The topological polar surface area (TPSA) is 35.5 Å². The summed E-state index contributed by atoms with van der Waals surface area (Å²) in [6.45, 7) is 6.11. The van der Waals surface area contributed by atoms with Crippen LogP contribution in [0, 0.1) is 5.92 Å². The number of allylic oxidation sites excluding steroid dienone is 2. The third kappa shape index (κ3) is 5.32. The third-order valence-corrected chi connectivity index (χ3v) is 3.56. The van der Waals surface area contributed by atoms with Gasteiger partial charge >= 0.3 is 0 Å². The Balaban J connectivity index is 2.36. The van der Waals surface area contributed by atoms with Crippen molar-refractivity contribution in [1.82, 2.24) is 0 Å². The zero-order chi connectivity index (χ0) is 13.5. The van der Waals surface area contributed by atoms with Crippen LogP contribution in [0.15, 0.2) is 11.6 Å². The van der Waals surface area contributed by atoms with Gasteiger partial charge in [-0.05, 0) is 51.0 Å². The van der Waals surface area contributed by atoms with Crippen LogP contribution in [-0.4, -0.2) is 31.7 Å². The lowest BCUT2D eigenvalue weighted by atomic mass is 9.94. The summed E-state index contributed by atoms with van der Waals surface area (Å²) in [6.07, 6.45) is 7.94. The van der Waals surface area contributed by atoms with Gasteiger partial charge in [0.25, 0.3) is 0 Å². The number of rotatable bonds is 6. The molecule has 4 atom stereocenters. The van der Waals surface area contributed by atoms with Crippen LogP contribution in [0.2, 0.25) is 0 Å². The minimum absolute atomic E-state index is 0.288. The number of aldehydes is 1. The summed E-state index contributed by atoms with van der Waals surface area (Å²) < 4.78 is 11.4. The van der Waals surface area contributed by atoms with Crippen LogP contribution in [0.1, 0.15) is 46.5 Å². The summed E-state index contributed by atoms with van der Waals surface area (Å²) in [4.78, 5) is 10.6. The molecule has 0 aliphatic carbocycles. The van der Waals surface area contributed by atoms with E-state index < -0.39 is 0 Å². The molecule has 0 aromatic carbocycles. The van der Waals surface area contributed by atoms with E-state index in [1.54, 1.807) is 7.11 Å². The summed E-state index contributed by atoms with van der Waals surface area (Å²) in [5.74, 6) is 0.428. The van der Waals surface area contributed by atoms with E-state index in [1.807, 2.05) is 13.0 Å². The van der Waals surface area contributed by atoms with Gasteiger partial charge in [0.15, 0.2) is 0 Å². The van der Waals surface area contributed by atoms with Crippen LogP contribution < -0.4 is 0 Å². The maximum Gasteiger partial charge on any atom is 0.145 e. The Labute approximate surface area is 111 Å². The first kappa shape index (κ1) is 15.4. The summed E-state index contributed by atoms with van der Waals surface area (Å²) in [6, 6.07) is 0. The standard InChI is InChI=1S/C15H26O3/c1-11(7-12(2)10-16)5-6-14-9-15(17-4)8-13(3)18-14/h7,10-11,13-15H,5-6,8-9H2,1-4H3/b12-7+/t11-,13-,14-,15+/m0/s1. The molecule has 0 unspecified atom stereocenters. The van der Waals surface area contributed by atoms with Crippen molar-refractivity contribution in [3.63, 3.8) is 0 Å². The van der Waals surface area contributed by atoms with Gasteiger partial charge in [-0.15, -0.1) is 0 Å². The lowest BCUT2D eigenvalue weighted by molar-refractivity contribution is -0.104. The van der Waals surface area contributed by atoms with Crippen LogP contribution in [0.4, 0.5) is 0 Å². The van der Waals surface area contributed by atoms with Gasteiger partial charge in [-0.25, -0.2) is 0 Å². The Morgan fingerprint density at radius 1 is 1.50 bits per heavy atom. The molecule has 0 aromatic heterocycles. The molecular weight excluding hydrogens is 228 g/mol. The van der Waals surface area contributed by atoms with Crippen molar-refractivity contribution < 1.29 is 14.3 Å². The number of hydrogen-bond acceptors (Lipinski definition) is 3. The molecule has 3 heteroatoms. The number of hydrogen-bond donors (Lipinski definition) is 0. The van der Waals surface area contributed by atoms with Crippen molar-refractivity contribution in [2.75, 3.05) is 7.11 Å². The molecule has 1 aliphatic rings. The summed E-state index contributed by atoms with van der Waals surface area (Å²) in [7, 11) is 1.78. The van der Waals surface area contributed by atoms with Crippen molar-refractivity contribution >= 4 is 6.29 Å². The smallest absolute Gasteiger partial charge is 0.145 e. The highest BCUT2D eigenvalue weighted by atomic mass is 16.5. The molecule has 18 heavy (non-hydrogen) atoms. The molecule has 1 rings (SSSR count). The van der Waals surface area contributed by atoms with E-state index in [0.717, 1.165) is 37.5 Å². The van der Waals surface area contributed by atoms with Gasteiger partial charge < -0.3 is 9.47 Å². The molecule has 1 fully saturated rings. The zero-order valence-electron chi connectivity index (χ0n) is 12.0. The Bertz CT molecular complexity index is 285. The highest BCUT2D eigenvalue weighted by Crippen LogP contribution is 2.25. The summed E-state index contributed by atoms with van der Waals surface area (Å²) in [5, 5.41) is 0. The Kier molecular flexibility index (Phi) is 6.58. The molecule has 1 saturated heterocycles. The number of carbonyl (C=O) groups excluding carboxylic acids is 1. The number of methoxy groups -OCH3 is 1. The van der Waals surface area contributed by atoms with Crippen LogP contribution >= 0.6 is 0 Å². The van der Waals surface area contributed by atoms with Gasteiger partial charge in [0.1, 0.15) is 6.29 Å². The first-order valence-electron chi connectivity index (χ1n) is 6.87. The second kappa shape index (κ2) is 7.70. The fourth-order valence-corrected chi connectivity index (χ4v) is 2.60. The van der Waals surface area contributed by atoms with Crippen LogP contribution in [0.3, 0.4) is 0 Å². The molecule has 0 amide bonds. The van der Waals surface area contributed by atoms with E-state index in [-0.39, 0.29) is 6.10 Å². The van der Waals surface area contributed by atoms with E-state index in [1.165, 1.54) is 0 Å². The number of ether oxygens (including phenoxy) is 2. The quantitative estimate of drug-likeness (QED) is 0.539. The van der Waals surface area contributed by atoms with Crippen LogP contribution in [0.5, 0.6) is 0 Å². The number of carbonyl (C=O) groups is 1. The summed E-state index contributed by atoms with van der Waals surface area (Å²) >= 11 is 0. The molecule has 0 saturated carbocycles. The minimum Gasteiger partial charge on any atom is -0.381 e. The molecule has 0 aromatic rings. The first-order valence-corrected chi connectivity index (χ1v) is 6.87. The molecule has 1 heterocycles. The van der Waals surface area contributed by atoms with Gasteiger partial charge in [-0.2, -0.15) is 0 Å². The predicted molar refractivity (Wildman–Crippen MR) is 72.6 cm³/mol. The van der Waals surface area contributed by atoms with Crippen LogP contribution in [-0.2, 0) is 14.3 Å². The van der Waals surface area contributed by atoms with Gasteiger partial charge in [0.05, 0.1) is 18.3 Å². The average Bonchev–Trinajstić information content (AvgIpc) is 2.35. The predicted octanol–water partition coefficient (Wildman–Crippen LogP) is 3.13. The Morgan fingerprint density at radius 3 is 2.83 bits per heavy atom. The van der Waals surface area contributed by atoms with Gasteiger partial charge in [-0.1, -0.05) is 13.0 Å². The van der Waals surface area contributed by atoms with Crippen molar-refractivity contribution in [2.24, 2.45) is 5.92 Å². The summed E-state index contributed by atoms with van der Waals surface area (Å²) in [5.41, 5.74) is 0.815. The molecule has 1 aliphatic heterocycles. The van der Waals surface area contributed by atoms with E-state index in [9.17, 15) is 4.79 Å². The molecule has 3 nitrogen and oxygen atoms in total. The second-order valence-electron chi connectivity index (χ2n) is 5.48. The van der Waals surface area contributed by atoms with Crippen molar-refractivity contribution in [3.05, 3.63) is 11.6 Å². The molecule has 0 spiro atoms. The Morgan fingerprint density at radius 2 is 2.22 bits per heavy atom. The normalized spacial score (nSPS) is 31.1. The Hall–Kier alpha value is -0.670. The molecular formula is C15H26O3. The monoisotopic (exact) mass is 254 g/mol. The minimum atomic E-state index is 0.288. The fourth-order valence-electron chi connectivity index (χ4n) is 2.60. The maximum absolute atomic E-state index is 10.6. The van der Waals surface area contributed by atoms with E-state index in [2.05, 4.69) is 13.8 Å². The van der Waals surface area contributed by atoms with Gasteiger partial charge in [0, 0.05) is 7.11 Å². The molecule has 0 N–H and O–H groups in total. The van der Waals surface area contributed by atoms with E-state index in [4.69, 9.17) is 9.47 Å². The highest BCUT2D eigenvalue weighted by Gasteiger charge is 2.26. The SMILES string of the molecule is CO[C@H]1C[C@H](CC[C@H](C)/C=C(\C)C=O)O[C@@H](C)C1. The fraction of sp³-hybridized carbons (Fsp3) is 0.800. The average molecular weight is 254 g/mol. The van der Waals surface area contributed by atoms with Crippen molar-refractivity contribution in [1.29, 1.82) is 0 Å². The first-order chi connectivity index (χ1) is 8.55. The molecule has 0 bridgehead atoms. The van der Waals surface area contributed by atoms with Crippen molar-refractivity contribution in [3.8, 4) is 0 Å². The van der Waals surface area contributed by atoms with E-state index in [0.29, 0.717) is 18.1 Å². The molecule has 0 radical (unpaired) electrons. The van der Waals surface area contributed by atoms with Crippen LogP contribution in [0.25, 0.3) is 0 Å². The largest absolute Gasteiger partial charge is 0.381 e. The van der Waals surface area contributed by atoms with Gasteiger partial charge in [0.2, 0.25) is 0 Å². The lowest BCUT2D eigenvalue weighted by Gasteiger charge is -2.33. The van der Waals surface area contributed by atoms with Gasteiger partial charge in [-0.3, -0.25) is 4.79 Å².